The number of carbonyl (C=O) groups is 2. The van der Waals surface area contributed by atoms with E-state index in [4.69, 9.17) is 5.11 Å². The standard InChI is InChI=1S/C14H21NO4S/c1-11(14(18)19-2)10-15(6-4-7-16)13(17)9-12-5-3-8-20-12/h3,5,8,11,16H,4,6-7,9-10H2,1-2H3. The lowest BCUT2D eigenvalue weighted by atomic mass is 10.1. The molecule has 6 heteroatoms. The number of aliphatic hydroxyl groups excluding tert-OH is 1. The van der Waals surface area contributed by atoms with E-state index in [2.05, 4.69) is 4.74 Å². The van der Waals surface area contributed by atoms with Crippen molar-refractivity contribution in [3.8, 4) is 0 Å². The monoisotopic (exact) mass is 299 g/mol. The van der Waals surface area contributed by atoms with Gasteiger partial charge in [0.05, 0.1) is 19.4 Å². The van der Waals surface area contributed by atoms with Crippen LogP contribution in [0.25, 0.3) is 0 Å². The van der Waals surface area contributed by atoms with E-state index in [1.54, 1.807) is 11.8 Å². The molecule has 0 saturated heterocycles. The van der Waals surface area contributed by atoms with Gasteiger partial charge in [0.1, 0.15) is 0 Å². The number of hydrogen-bond acceptors (Lipinski definition) is 5. The Labute approximate surface area is 123 Å². The van der Waals surface area contributed by atoms with E-state index in [-0.39, 0.29) is 24.4 Å². The van der Waals surface area contributed by atoms with Gasteiger partial charge in [-0.2, -0.15) is 0 Å². The molecule has 1 atom stereocenters. The summed E-state index contributed by atoms with van der Waals surface area (Å²) in [6.07, 6.45) is 0.834. The zero-order chi connectivity index (χ0) is 15.0. The maximum absolute atomic E-state index is 12.3. The molecule has 1 aromatic rings. The van der Waals surface area contributed by atoms with Crippen molar-refractivity contribution in [2.24, 2.45) is 5.92 Å². The topological polar surface area (TPSA) is 66.8 Å². The van der Waals surface area contributed by atoms with Crippen molar-refractivity contribution in [2.75, 3.05) is 26.8 Å². The molecule has 1 aromatic heterocycles. The number of rotatable bonds is 8. The molecule has 1 heterocycles. The van der Waals surface area contributed by atoms with Crippen molar-refractivity contribution in [1.29, 1.82) is 0 Å². The van der Waals surface area contributed by atoms with Crippen LogP contribution in [-0.4, -0.2) is 48.7 Å². The summed E-state index contributed by atoms with van der Waals surface area (Å²) in [5.41, 5.74) is 0. The molecule has 0 aliphatic rings. The number of amides is 1. The molecular weight excluding hydrogens is 278 g/mol. The fourth-order valence-corrected chi connectivity index (χ4v) is 2.56. The minimum Gasteiger partial charge on any atom is -0.469 e. The predicted molar refractivity (Wildman–Crippen MR) is 77.5 cm³/mol. The third-order valence-corrected chi connectivity index (χ3v) is 3.82. The second kappa shape index (κ2) is 8.71. The average Bonchev–Trinajstić information content (AvgIpc) is 2.94. The first-order valence-electron chi connectivity index (χ1n) is 6.57. The maximum Gasteiger partial charge on any atom is 0.310 e. The predicted octanol–water partition coefficient (Wildman–Crippen LogP) is 1.31. The van der Waals surface area contributed by atoms with Gasteiger partial charge in [0.15, 0.2) is 0 Å². The van der Waals surface area contributed by atoms with Crippen LogP contribution in [0.5, 0.6) is 0 Å². The lowest BCUT2D eigenvalue weighted by Crippen LogP contribution is -2.39. The highest BCUT2D eigenvalue weighted by Crippen LogP contribution is 2.12. The van der Waals surface area contributed by atoms with Gasteiger partial charge in [0, 0.05) is 24.6 Å². The minimum absolute atomic E-state index is 0.0232. The highest BCUT2D eigenvalue weighted by molar-refractivity contribution is 7.10. The summed E-state index contributed by atoms with van der Waals surface area (Å²) in [4.78, 5) is 26.3. The van der Waals surface area contributed by atoms with Gasteiger partial charge >= 0.3 is 5.97 Å². The number of carbonyl (C=O) groups excluding carboxylic acids is 2. The molecule has 1 unspecified atom stereocenters. The summed E-state index contributed by atoms with van der Waals surface area (Å²) in [5.74, 6) is -0.731. The van der Waals surface area contributed by atoms with Crippen molar-refractivity contribution < 1.29 is 19.4 Å². The summed E-state index contributed by atoms with van der Waals surface area (Å²) >= 11 is 1.53. The van der Waals surface area contributed by atoms with Gasteiger partial charge in [-0.05, 0) is 17.9 Å². The van der Waals surface area contributed by atoms with Crippen molar-refractivity contribution in [3.05, 3.63) is 22.4 Å². The first-order chi connectivity index (χ1) is 9.58. The Balaban J connectivity index is 2.62. The molecule has 112 valence electrons. The van der Waals surface area contributed by atoms with E-state index in [9.17, 15) is 9.59 Å². The smallest absolute Gasteiger partial charge is 0.310 e. The van der Waals surface area contributed by atoms with E-state index in [0.29, 0.717) is 25.9 Å². The number of ether oxygens (including phenoxy) is 1. The van der Waals surface area contributed by atoms with Gasteiger partial charge in [0.2, 0.25) is 5.91 Å². The summed E-state index contributed by atoms with van der Waals surface area (Å²) in [5, 5.41) is 10.8. The van der Waals surface area contributed by atoms with Crippen LogP contribution in [0.4, 0.5) is 0 Å². The van der Waals surface area contributed by atoms with E-state index in [1.165, 1.54) is 18.4 Å². The Morgan fingerprint density at radius 1 is 1.50 bits per heavy atom. The maximum atomic E-state index is 12.3. The van der Waals surface area contributed by atoms with E-state index in [1.807, 2.05) is 17.5 Å². The molecule has 0 aromatic carbocycles. The third-order valence-electron chi connectivity index (χ3n) is 2.94. The Hall–Kier alpha value is -1.40. The van der Waals surface area contributed by atoms with Crippen LogP contribution < -0.4 is 0 Å². The molecule has 0 saturated carbocycles. The van der Waals surface area contributed by atoms with Crippen LogP contribution in [0.2, 0.25) is 0 Å². The molecule has 20 heavy (non-hydrogen) atoms. The number of nitrogens with zero attached hydrogens (tertiary/aromatic N) is 1. The molecule has 0 spiro atoms. The van der Waals surface area contributed by atoms with Crippen molar-refractivity contribution >= 4 is 23.2 Å². The zero-order valence-electron chi connectivity index (χ0n) is 11.9. The van der Waals surface area contributed by atoms with E-state index < -0.39 is 0 Å². The Kier molecular flexibility index (Phi) is 7.25. The van der Waals surface area contributed by atoms with Gasteiger partial charge in [-0.25, -0.2) is 0 Å². The second-order valence-corrected chi connectivity index (χ2v) is 5.63. The highest BCUT2D eigenvalue weighted by Gasteiger charge is 2.21. The third kappa shape index (κ3) is 5.30. The Morgan fingerprint density at radius 3 is 2.80 bits per heavy atom. The summed E-state index contributed by atoms with van der Waals surface area (Å²) in [6.45, 7) is 2.52. The van der Waals surface area contributed by atoms with E-state index in [0.717, 1.165) is 4.88 Å². The van der Waals surface area contributed by atoms with Gasteiger partial charge in [0.25, 0.3) is 0 Å². The van der Waals surface area contributed by atoms with Crippen molar-refractivity contribution in [3.63, 3.8) is 0 Å². The van der Waals surface area contributed by atoms with Crippen LogP contribution in [0, 0.1) is 5.92 Å². The second-order valence-electron chi connectivity index (χ2n) is 4.60. The molecule has 5 nitrogen and oxygen atoms in total. The van der Waals surface area contributed by atoms with Crippen LogP contribution in [0.3, 0.4) is 0 Å². The minimum atomic E-state index is -0.369. The largest absolute Gasteiger partial charge is 0.469 e. The molecule has 0 fully saturated rings. The number of aliphatic hydroxyl groups is 1. The molecule has 0 aliphatic carbocycles. The van der Waals surface area contributed by atoms with Gasteiger partial charge in [-0.3, -0.25) is 9.59 Å². The quantitative estimate of drug-likeness (QED) is 0.735. The van der Waals surface area contributed by atoms with Crippen LogP contribution in [0.1, 0.15) is 18.2 Å². The van der Waals surface area contributed by atoms with Crippen molar-refractivity contribution in [2.45, 2.75) is 19.8 Å². The molecule has 1 amide bonds. The first-order valence-corrected chi connectivity index (χ1v) is 7.45. The van der Waals surface area contributed by atoms with Crippen molar-refractivity contribution in [1.82, 2.24) is 4.90 Å². The fourth-order valence-electron chi connectivity index (χ4n) is 1.86. The molecule has 0 aliphatic heterocycles. The number of thiophene rings is 1. The molecular formula is C14H21NO4S. The Morgan fingerprint density at radius 2 is 2.25 bits per heavy atom. The lowest BCUT2D eigenvalue weighted by molar-refractivity contribution is -0.146. The Bertz CT molecular complexity index is 419. The summed E-state index contributed by atoms with van der Waals surface area (Å²) in [6, 6.07) is 3.82. The van der Waals surface area contributed by atoms with E-state index >= 15 is 0 Å². The molecule has 0 bridgehead atoms. The average molecular weight is 299 g/mol. The highest BCUT2D eigenvalue weighted by atomic mass is 32.1. The molecule has 1 rings (SSSR count). The fraction of sp³-hybridized carbons (Fsp3) is 0.571. The van der Waals surface area contributed by atoms with Crippen LogP contribution >= 0.6 is 11.3 Å². The van der Waals surface area contributed by atoms with Gasteiger partial charge in [-0.1, -0.05) is 13.0 Å². The summed E-state index contributed by atoms with van der Waals surface area (Å²) < 4.78 is 4.68. The lowest BCUT2D eigenvalue weighted by Gasteiger charge is -2.24. The molecule has 0 radical (unpaired) electrons. The zero-order valence-corrected chi connectivity index (χ0v) is 12.7. The summed E-state index contributed by atoms with van der Waals surface area (Å²) in [7, 11) is 1.34. The first kappa shape index (κ1) is 16.7. The van der Waals surface area contributed by atoms with Gasteiger partial charge < -0.3 is 14.7 Å². The van der Waals surface area contributed by atoms with Crippen LogP contribution in [0.15, 0.2) is 17.5 Å². The molecule has 1 N–H and O–H groups in total. The number of hydrogen-bond donors (Lipinski definition) is 1. The van der Waals surface area contributed by atoms with Gasteiger partial charge in [-0.15, -0.1) is 11.3 Å². The number of esters is 1. The number of methoxy groups -OCH3 is 1. The van der Waals surface area contributed by atoms with Crippen LogP contribution in [-0.2, 0) is 20.7 Å². The normalized spacial score (nSPS) is 11.9. The SMILES string of the molecule is COC(=O)C(C)CN(CCCO)C(=O)Cc1cccs1.